The minimum Gasteiger partial charge on any atom is -0.481 e. The molecule has 1 fully saturated rings. The maximum Gasteiger partial charge on any atom is 0.308 e. The number of hydrogen-bond donors (Lipinski definition) is 3. The molecule has 6 nitrogen and oxygen atoms in total. The van der Waals surface area contributed by atoms with E-state index in [1.807, 2.05) is 0 Å². The van der Waals surface area contributed by atoms with E-state index in [1.165, 1.54) is 6.07 Å². The molecule has 126 valence electrons. The smallest absolute Gasteiger partial charge is 0.308 e. The van der Waals surface area contributed by atoms with Crippen molar-refractivity contribution in [3.63, 3.8) is 0 Å². The largest absolute Gasteiger partial charge is 0.481 e. The van der Waals surface area contributed by atoms with Gasteiger partial charge in [-0.3, -0.25) is 14.4 Å². The number of aromatic amines is 1. The molecule has 0 saturated heterocycles. The van der Waals surface area contributed by atoms with Crippen molar-refractivity contribution in [3.8, 4) is 0 Å². The summed E-state index contributed by atoms with van der Waals surface area (Å²) in [5, 5.41) is 13.0. The molecule has 2 aromatic rings. The minimum atomic E-state index is -0.895. The molecule has 1 amide bonds. The Kier molecular flexibility index (Phi) is 4.13. The number of para-hydroxylation sites is 1. The van der Waals surface area contributed by atoms with Crippen molar-refractivity contribution in [2.75, 3.05) is 0 Å². The lowest BCUT2D eigenvalue weighted by Gasteiger charge is -2.39. The van der Waals surface area contributed by atoms with Gasteiger partial charge in [0.1, 0.15) is 0 Å². The lowest BCUT2D eigenvalue weighted by molar-refractivity contribution is -0.145. The highest BCUT2D eigenvalue weighted by Crippen LogP contribution is 2.34. The standard InChI is InChI=1S/C18H20N2O4/c1-18(9-5-4-7-13(18)17(23)24)20-16(22)12-10-15(21)19-14-8-3-2-6-11(12)14/h2-3,6,8,10,13H,4-5,7,9H2,1H3,(H,19,21)(H,20,22)(H,23,24). The van der Waals surface area contributed by atoms with Gasteiger partial charge in [0.15, 0.2) is 0 Å². The van der Waals surface area contributed by atoms with E-state index in [2.05, 4.69) is 10.3 Å². The van der Waals surface area contributed by atoms with E-state index in [1.54, 1.807) is 31.2 Å². The zero-order valence-electron chi connectivity index (χ0n) is 13.5. The average molecular weight is 328 g/mol. The number of aliphatic carboxylic acids is 1. The number of hydrogen-bond acceptors (Lipinski definition) is 3. The molecule has 0 radical (unpaired) electrons. The van der Waals surface area contributed by atoms with Gasteiger partial charge in [0, 0.05) is 17.0 Å². The second-order valence-corrected chi connectivity index (χ2v) is 6.60. The van der Waals surface area contributed by atoms with Crippen LogP contribution < -0.4 is 10.9 Å². The Balaban J connectivity index is 1.98. The highest BCUT2D eigenvalue weighted by Gasteiger charge is 2.42. The summed E-state index contributed by atoms with van der Waals surface area (Å²) >= 11 is 0. The fraction of sp³-hybridized carbons (Fsp3) is 0.389. The first kappa shape index (κ1) is 16.2. The fourth-order valence-electron chi connectivity index (χ4n) is 3.60. The summed E-state index contributed by atoms with van der Waals surface area (Å²) in [6, 6.07) is 8.33. The lowest BCUT2D eigenvalue weighted by Crippen LogP contribution is -2.55. The second kappa shape index (κ2) is 6.11. The summed E-state index contributed by atoms with van der Waals surface area (Å²) in [4.78, 5) is 38.9. The number of aromatic nitrogens is 1. The van der Waals surface area contributed by atoms with Crippen LogP contribution in [0.4, 0.5) is 0 Å². The van der Waals surface area contributed by atoms with Gasteiger partial charge in [-0.25, -0.2) is 0 Å². The molecule has 1 aliphatic carbocycles. The number of amides is 1. The van der Waals surface area contributed by atoms with Gasteiger partial charge in [0.2, 0.25) is 5.56 Å². The van der Waals surface area contributed by atoms with Crippen LogP contribution in [0.2, 0.25) is 0 Å². The summed E-state index contributed by atoms with van der Waals surface area (Å²) in [5.74, 6) is -1.93. The van der Waals surface area contributed by atoms with Gasteiger partial charge in [-0.1, -0.05) is 31.0 Å². The van der Waals surface area contributed by atoms with Gasteiger partial charge in [-0.2, -0.15) is 0 Å². The zero-order chi connectivity index (χ0) is 17.3. The van der Waals surface area contributed by atoms with Crippen LogP contribution in [0.15, 0.2) is 35.1 Å². The molecule has 0 spiro atoms. The van der Waals surface area contributed by atoms with Gasteiger partial charge >= 0.3 is 5.97 Å². The Morgan fingerprint density at radius 3 is 2.79 bits per heavy atom. The van der Waals surface area contributed by atoms with Crippen LogP contribution in [0.5, 0.6) is 0 Å². The van der Waals surface area contributed by atoms with Crippen LogP contribution in [0, 0.1) is 5.92 Å². The molecule has 1 aromatic carbocycles. The topological polar surface area (TPSA) is 99.3 Å². The first-order valence-electron chi connectivity index (χ1n) is 8.08. The van der Waals surface area contributed by atoms with Crippen molar-refractivity contribution in [3.05, 3.63) is 46.2 Å². The van der Waals surface area contributed by atoms with E-state index in [4.69, 9.17) is 0 Å². The van der Waals surface area contributed by atoms with Crippen molar-refractivity contribution >= 4 is 22.8 Å². The summed E-state index contributed by atoms with van der Waals surface area (Å²) in [6.07, 6.45) is 2.87. The number of carboxylic acids is 1. The van der Waals surface area contributed by atoms with E-state index < -0.39 is 23.3 Å². The van der Waals surface area contributed by atoms with Crippen molar-refractivity contribution in [1.29, 1.82) is 0 Å². The molecule has 3 rings (SSSR count). The zero-order valence-corrected chi connectivity index (χ0v) is 13.5. The Labute approximate surface area is 138 Å². The third kappa shape index (κ3) is 2.91. The number of carbonyl (C=O) groups excluding carboxylic acids is 1. The third-order valence-corrected chi connectivity index (χ3v) is 4.90. The molecule has 3 N–H and O–H groups in total. The summed E-state index contributed by atoms with van der Waals surface area (Å²) in [5.41, 5.74) is -0.323. The highest BCUT2D eigenvalue weighted by molar-refractivity contribution is 6.06. The molecule has 1 saturated carbocycles. The SMILES string of the molecule is CC1(NC(=O)c2cc(=O)[nH]c3ccccc23)CCCCC1C(=O)O. The van der Waals surface area contributed by atoms with E-state index in [9.17, 15) is 19.5 Å². The number of carbonyl (C=O) groups is 2. The van der Waals surface area contributed by atoms with E-state index >= 15 is 0 Å². The van der Waals surface area contributed by atoms with Gasteiger partial charge in [0.05, 0.1) is 17.0 Å². The van der Waals surface area contributed by atoms with Crippen LogP contribution in [0.1, 0.15) is 43.0 Å². The number of carboxylic acid groups (broad SMARTS) is 1. The molecule has 2 unspecified atom stereocenters. The summed E-state index contributed by atoms with van der Waals surface area (Å²) in [7, 11) is 0. The molecular formula is C18H20N2O4. The maximum absolute atomic E-state index is 12.8. The number of nitrogens with one attached hydrogen (secondary N) is 2. The first-order valence-corrected chi connectivity index (χ1v) is 8.08. The fourth-order valence-corrected chi connectivity index (χ4v) is 3.60. The molecule has 0 bridgehead atoms. The van der Waals surface area contributed by atoms with E-state index in [0.717, 1.165) is 12.8 Å². The number of rotatable bonds is 3. The monoisotopic (exact) mass is 328 g/mol. The van der Waals surface area contributed by atoms with Crippen LogP contribution >= 0.6 is 0 Å². The van der Waals surface area contributed by atoms with Crippen molar-refractivity contribution in [2.24, 2.45) is 5.92 Å². The van der Waals surface area contributed by atoms with E-state index in [0.29, 0.717) is 23.7 Å². The normalized spacial score (nSPS) is 23.8. The molecule has 2 atom stereocenters. The maximum atomic E-state index is 12.8. The number of benzene rings is 1. The van der Waals surface area contributed by atoms with Crippen molar-refractivity contribution in [1.82, 2.24) is 10.3 Å². The molecule has 0 aliphatic heterocycles. The van der Waals surface area contributed by atoms with Gasteiger partial charge in [-0.05, 0) is 25.8 Å². The molecule has 1 aliphatic rings. The lowest BCUT2D eigenvalue weighted by atomic mass is 9.73. The van der Waals surface area contributed by atoms with Gasteiger partial charge in [0.25, 0.3) is 5.91 Å². The predicted molar refractivity (Wildman–Crippen MR) is 90.0 cm³/mol. The molecule has 6 heteroatoms. The molecule has 1 aromatic heterocycles. The quantitative estimate of drug-likeness (QED) is 0.805. The Hall–Kier alpha value is -2.63. The Morgan fingerprint density at radius 2 is 2.04 bits per heavy atom. The average Bonchev–Trinajstić information content (AvgIpc) is 2.53. The second-order valence-electron chi connectivity index (χ2n) is 6.60. The summed E-state index contributed by atoms with van der Waals surface area (Å²) < 4.78 is 0. The van der Waals surface area contributed by atoms with Crippen LogP contribution in [0.25, 0.3) is 10.9 Å². The van der Waals surface area contributed by atoms with E-state index in [-0.39, 0.29) is 11.1 Å². The predicted octanol–water partition coefficient (Wildman–Crippen LogP) is 2.29. The molecule has 24 heavy (non-hydrogen) atoms. The molecule has 1 heterocycles. The van der Waals surface area contributed by atoms with Crippen LogP contribution in [-0.2, 0) is 4.79 Å². The van der Waals surface area contributed by atoms with Crippen molar-refractivity contribution in [2.45, 2.75) is 38.1 Å². The third-order valence-electron chi connectivity index (χ3n) is 4.90. The molecular weight excluding hydrogens is 308 g/mol. The van der Waals surface area contributed by atoms with Crippen LogP contribution in [0.3, 0.4) is 0 Å². The Bertz CT molecular complexity index is 857. The van der Waals surface area contributed by atoms with Crippen molar-refractivity contribution < 1.29 is 14.7 Å². The number of H-pyrrole nitrogens is 1. The van der Waals surface area contributed by atoms with Gasteiger partial charge in [-0.15, -0.1) is 0 Å². The first-order chi connectivity index (χ1) is 11.4. The highest BCUT2D eigenvalue weighted by atomic mass is 16.4. The number of pyridine rings is 1. The van der Waals surface area contributed by atoms with Crippen LogP contribution in [-0.4, -0.2) is 27.5 Å². The number of fused-ring (bicyclic) bond motifs is 1. The minimum absolute atomic E-state index is 0.269. The Morgan fingerprint density at radius 1 is 1.29 bits per heavy atom. The van der Waals surface area contributed by atoms with Gasteiger partial charge < -0.3 is 15.4 Å². The summed E-state index contributed by atoms with van der Waals surface area (Å²) in [6.45, 7) is 1.78.